The Balaban J connectivity index is 1.66. The number of rotatable bonds is 2. The molecular formula is C21H17ClN4O5. The standard InChI is InChI=1S/C21H17ClN4O5/c1-25(2)21(30)31-13-5-3-4-11(8-13)20(29)26-10-15-17(19(28)24-26)23-16-9-12(22)6-7-14(16)18(15)27/h3-9H,10H2,1-2H3,(H,23,27)(H,24,28). The van der Waals surface area contributed by atoms with Crippen molar-refractivity contribution >= 4 is 40.4 Å². The number of halogens is 1. The van der Waals surface area contributed by atoms with Gasteiger partial charge >= 0.3 is 6.09 Å². The van der Waals surface area contributed by atoms with Gasteiger partial charge in [-0.05, 0) is 36.4 Å². The van der Waals surface area contributed by atoms with Crippen molar-refractivity contribution in [1.82, 2.24) is 20.3 Å². The van der Waals surface area contributed by atoms with E-state index in [-0.39, 0.29) is 34.5 Å². The van der Waals surface area contributed by atoms with Gasteiger partial charge in [-0.1, -0.05) is 17.7 Å². The molecule has 1 aromatic heterocycles. The minimum atomic E-state index is -0.622. The van der Waals surface area contributed by atoms with Crippen molar-refractivity contribution < 1.29 is 19.1 Å². The summed E-state index contributed by atoms with van der Waals surface area (Å²) in [5, 5.41) is 1.84. The van der Waals surface area contributed by atoms with Gasteiger partial charge in [-0.2, -0.15) is 0 Å². The third kappa shape index (κ3) is 3.82. The molecule has 2 N–H and O–H groups in total. The molecule has 10 heteroatoms. The molecule has 0 fully saturated rings. The first-order chi connectivity index (χ1) is 14.7. The Bertz CT molecular complexity index is 1300. The first-order valence-corrected chi connectivity index (χ1v) is 9.59. The van der Waals surface area contributed by atoms with Crippen molar-refractivity contribution in [1.29, 1.82) is 0 Å². The van der Waals surface area contributed by atoms with E-state index in [1.807, 2.05) is 0 Å². The lowest BCUT2D eigenvalue weighted by molar-refractivity contribution is 0.0535. The van der Waals surface area contributed by atoms with E-state index in [4.69, 9.17) is 16.3 Å². The van der Waals surface area contributed by atoms with E-state index in [1.165, 1.54) is 37.2 Å². The molecule has 0 aliphatic carbocycles. The van der Waals surface area contributed by atoms with Crippen LogP contribution in [0.1, 0.15) is 26.4 Å². The zero-order valence-corrected chi connectivity index (χ0v) is 17.3. The molecule has 1 aliphatic rings. The lowest BCUT2D eigenvalue weighted by Gasteiger charge is -2.28. The number of carbonyl (C=O) groups excluding carboxylic acids is 3. The summed E-state index contributed by atoms with van der Waals surface area (Å²) in [5.74, 6) is -1.00. The van der Waals surface area contributed by atoms with Crippen molar-refractivity contribution in [2.45, 2.75) is 6.54 Å². The zero-order valence-electron chi connectivity index (χ0n) is 16.6. The molecule has 0 radical (unpaired) electrons. The second kappa shape index (κ2) is 7.77. The van der Waals surface area contributed by atoms with E-state index in [9.17, 15) is 19.2 Å². The maximum absolute atomic E-state index is 13.0. The van der Waals surface area contributed by atoms with E-state index in [2.05, 4.69) is 10.4 Å². The highest BCUT2D eigenvalue weighted by Crippen LogP contribution is 2.21. The minimum Gasteiger partial charge on any atom is -0.410 e. The predicted molar refractivity (Wildman–Crippen MR) is 113 cm³/mol. The molecule has 0 saturated carbocycles. The fourth-order valence-electron chi connectivity index (χ4n) is 3.19. The van der Waals surface area contributed by atoms with Crippen LogP contribution in [0.15, 0.2) is 47.3 Å². The average Bonchev–Trinajstić information content (AvgIpc) is 2.74. The SMILES string of the molecule is CN(C)C(=O)Oc1cccc(C(=O)N2Cc3c([nH]c4cc(Cl)ccc4c3=O)C(=O)N2)c1. The Hall–Kier alpha value is -3.85. The molecule has 2 heterocycles. The van der Waals surface area contributed by atoms with E-state index in [0.717, 1.165) is 5.01 Å². The summed E-state index contributed by atoms with van der Waals surface area (Å²) in [7, 11) is 3.07. The number of aromatic amines is 1. The van der Waals surface area contributed by atoms with Gasteiger partial charge in [0.05, 0.1) is 17.6 Å². The van der Waals surface area contributed by atoms with Gasteiger partial charge in [0.1, 0.15) is 11.4 Å². The van der Waals surface area contributed by atoms with Crippen LogP contribution >= 0.6 is 11.6 Å². The summed E-state index contributed by atoms with van der Waals surface area (Å²) in [6.45, 7) is -0.129. The van der Waals surface area contributed by atoms with Crippen LogP contribution in [-0.4, -0.2) is 46.9 Å². The molecular weight excluding hydrogens is 424 g/mol. The Kier molecular flexibility index (Phi) is 5.12. The average molecular weight is 441 g/mol. The smallest absolute Gasteiger partial charge is 0.410 e. The number of carbonyl (C=O) groups is 3. The molecule has 158 valence electrons. The predicted octanol–water partition coefficient (Wildman–Crippen LogP) is 2.54. The highest BCUT2D eigenvalue weighted by atomic mass is 35.5. The minimum absolute atomic E-state index is 0.0810. The Labute approximate surface area is 181 Å². The lowest BCUT2D eigenvalue weighted by atomic mass is 10.1. The summed E-state index contributed by atoms with van der Waals surface area (Å²) in [5.41, 5.74) is 2.98. The molecule has 4 rings (SSSR count). The van der Waals surface area contributed by atoms with E-state index < -0.39 is 17.9 Å². The second-order valence-electron chi connectivity index (χ2n) is 7.12. The largest absolute Gasteiger partial charge is 0.414 e. The Morgan fingerprint density at radius 3 is 2.65 bits per heavy atom. The first kappa shape index (κ1) is 20.4. The van der Waals surface area contributed by atoms with E-state index in [1.54, 1.807) is 24.3 Å². The molecule has 3 amide bonds. The quantitative estimate of drug-likeness (QED) is 0.636. The Morgan fingerprint density at radius 2 is 1.90 bits per heavy atom. The number of nitrogens with one attached hydrogen (secondary N) is 2. The van der Waals surface area contributed by atoms with Crippen LogP contribution < -0.4 is 15.6 Å². The fraction of sp³-hybridized carbons (Fsp3) is 0.143. The van der Waals surface area contributed by atoms with Gasteiger partial charge in [0, 0.05) is 30.1 Å². The maximum atomic E-state index is 13.0. The molecule has 2 aromatic carbocycles. The van der Waals surface area contributed by atoms with E-state index >= 15 is 0 Å². The summed E-state index contributed by atoms with van der Waals surface area (Å²) in [6, 6.07) is 10.7. The number of hydrogen-bond acceptors (Lipinski definition) is 5. The van der Waals surface area contributed by atoms with Gasteiger partial charge in [-0.3, -0.25) is 19.8 Å². The first-order valence-electron chi connectivity index (χ1n) is 9.21. The lowest BCUT2D eigenvalue weighted by Crippen LogP contribution is -2.51. The summed E-state index contributed by atoms with van der Waals surface area (Å²) < 4.78 is 5.17. The Morgan fingerprint density at radius 1 is 1.13 bits per heavy atom. The highest BCUT2D eigenvalue weighted by Gasteiger charge is 2.30. The van der Waals surface area contributed by atoms with Crippen LogP contribution in [-0.2, 0) is 6.54 Å². The number of hydrogen-bond donors (Lipinski definition) is 2. The molecule has 0 spiro atoms. The molecule has 0 unspecified atom stereocenters. The van der Waals surface area contributed by atoms with Gasteiger partial charge < -0.3 is 14.6 Å². The van der Waals surface area contributed by atoms with Crippen molar-refractivity contribution in [2.24, 2.45) is 0 Å². The van der Waals surface area contributed by atoms with Crippen LogP contribution in [0.3, 0.4) is 0 Å². The molecule has 1 aliphatic heterocycles. The van der Waals surface area contributed by atoms with Crippen LogP contribution in [0, 0.1) is 0 Å². The summed E-state index contributed by atoms with van der Waals surface area (Å²) in [4.78, 5) is 54.4. The number of fused-ring (bicyclic) bond motifs is 2. The summed E-state index contributed by atoms with van der Waals surface area (Å²) in [6.07, 6.45) is -0.594. The number of benzene rings is 2. The number of nitrogens with zero attached hydrogens (tertiary/aromatic N) is 2. The van der Waals surface area contributed by atoms with Crippen LogP contribution in [0.5, 0.6) is 5.75 Å². The fourth-order valence-corrected chi connectivity index (χ4v) is 3.36. The number of hydrazine groups is 1. The zero-order chi connectivity index (χ0) is 22.3. The van der Waals surface area contributed by atoms with Crippen molar-refractivity contribution in [3.8, 4) is 5.75 Å². The third-order valence-electron chi connectivity index (χ3n) is 4.74. The van der Waals surface area contributed by atoms with Gasteiger partial charge in [0.15, 0.2) is 5.43 Å². The number of ether oxygens (including phenoxy) is 1. The number of amides is 3. The number of aromatic nitrogens is 1. The van der Waals surface area contributed by atoms with Crippen LogP contribution in [0.2, 0.25) is 5.02 Å². The molecule has 0 atom stereocenters. The highest BCUT2D eigenvalue weighted by molar-refractivity contribution is 6.31. The van der Waals surface area contributed by atoms with Crippen LogP contribution in [0.25, 0.3) is 10.9 Å². The maximum Gasteiger partial charge on any atom is 0.414 e. The van der Waals surface area contributed by atoms with Crippen molar-refractivity contribution in [3.63, 3.8) is 0 Å². The number of pyridine rings is 1. The van der Waals surface area contributed by atoms with Gasteiger partial charge in [-0.25, -0.2) is 9.80 Å². The second-order valence-corrected chi connectivity index (χ2v) is 7.56. The monoisotopic (exact) mass is 440 g/mol. The third-order valence-corrected chi connectivity index (χ3v) is 4.97. The number of H-pyrrole nitrogens is 1. The normalized spacial score (nSPS) is 12.9. The van der Waals surface area contributed by atoms with Crippen molar-refractivity contribution in [2.75, 3.05) is 14.1 Å². The molecule has 3 aromatic rings. The van der Waals surface area contributed by atoms with Gasteiger partial charge in [0.25, 0.3) is 11.8 Å². The molecule has 0 bridgehead atoms. The molecule has 9 nitrogen and oxygen atoms in total. The summed E-state index contributed by atoms with van der Waals surface area (Å²) >= 11 is 5.98. The molecule has 0 saturated heterocycles. The van der Waals surface area contributed by atoms with E-state index in [0.29, 0.717) is 15.9 Å². The topological polar surface area (TPSA) is 112 Å². The van der Waals surface area contributed by atoms with Gasteiger partial charge in [0.2, 0.25) is 0 Å². The molecule has 31 heavy (non-hydrogen) atoms. The van der Waals surface area contributed by atoms with Crippen LogP contribution in [0.4, 0.5) is 4.79 Å². The van der Waals surface area contributed by atoms with Gasteiger partial charge in [-0.15, -0.1) is 0 Å². The van der Waals surface area contributed by atoms with Crippen molar-refractivity contribution in [3.05, 3.63) is 74.5 Å².